The summed E-state index contributed by atoms with van der Waals surface area (Å²) in [5.41, 5.74) is 19.8. The van der Waals surface area contributed by atoms with Crippen LogP contribution in [0.3, 0.4) is 0 Å². The van der Waals surface area contributed by atoms with Crippen LogP contribution in [0.5, 0.6) is 0 Å². The van der Waals surface area contributed by atoms with E-state index in [0.29, 0.717) is 25.4 Å². The van der Waals surface area contributed by atoms with E-state index in [4.69, 9.17) is 17.2 Å². The summed E-state index contributed by atoms with van der Waals surface area (Å²) in [4.78, 5) is 11.4. The first kappa shape index (κ1) is 21.5. The van der Waals surface area contributed by atoms with E-state index >= 15 is 0 Å². The summed E-state index contributed by atoms with van der Waals surface area (Å²) in [6, 6.07) is 5.64. The Hall–Kier alpha value is -1.79. The van der Waals surface area contributed by atoms with E-state index in [1.54, 1.807) is 6.07 Å². The molecule has 1 aromatic carbocycles. The molecule has 1 aliphatic heterocycles. The molecule has 5 nitrogen and oxygen atoms in total. The first-order chi connectivity index (χ1) is 13.0. The standard InChI is InChI=1S/C19H26BNO2.C2H8N2/c21-16(11-14-5-2-1-3-6-14)12-20-10-9-15-7-4-8-17(19(22)23)18(15)13-20;3-1-2-4/h4,7-8,12,14H,1-3,5-6,9-11,13,21H2,(H,22,23);1-4H2/b16-12-;. The second-order valence-corrected chi connectivity index (χ2v) is 7.78. The highest BCUT2D eigenvalue weighted by Gasteiger charge is 2.25. The van der Waals surface area contributed by atoms with E-state index in [2.05, 4.69) is 12.0 Å². The van der Waals surface area contributed by atoms with Gasteiger partial charge in [0.15, 0.2) is 6.71 Å². The predicted molar refractivity (Wildman–Crippen MR) is 113 cm³/mol. The Labute approximate surface area is 163 Å². The van der Waals surface area contributed by atoms with Gasteiger partial charge >= 0.3 is 5.97 Å². The monoisotopic (exact) mass is 371 g/mol. The predicted octanol–water partition coefficient (Wildman–Crippen LogP) is 2.77. The summed E-state index contributed by atoms with van der Waals surface area (Å²) in [6.45, 7) is 1.58. The minimum absolute atomic E-state index is 0.381. The molecule has 0 atom stereocenters. The maximum absolute atomic E-state index is 11.4. The molecule has 7 N–H and O–H groups in total. The fourth-order valence-electron chi connectivity index (χ4n) is 4.25. The van der Waals surface area contributed by atoms with Crippen LogP contribution in [0.15, 0.2) is 29.9 Å². The molecule has 0 spiro atoms. The van der Waals surface area contributed by atoms with Gasteiger partial charge in [0, 0.05) is 13.1 Å². The number of rotatable bonds is 5. The Bertz CT molecular complexity index is 640. The topological polar surface area (TPSA) is 115 Å². The summed E-state index contributed by atoms with van der Waals surface area (Å²) >= 11 is 0. The molecule has 1 heterocycles. The largest absolute Gasteiger partial charge is 0.478 e. The van der Waals surface area contributed by atoms with Crippen molar-refractivity contribution in [1.29, 1.82) is 0 Å². The van der Waals surface area contributed by atoms with E-state index in [1.807, 2.05) is 6.07 Å². The van der Waals surface area contributed by atoms with Gasteiger partial charge in [0.1, 0.15) is 0 Å². The van der Waals surface area contributed by atoms with Crippen LogP contribution >= 0.6 is 0 Å². The summed E-state index contributed by atoms with van der Waals surface area (Å²) in [5, 5.41) is 9.39. The third kappa shape index (κ3) is 6.71. The lowest BCUT2D eigenvalue weighted by atomic mass is 9.40. The van der Waals surface area contributed by atoms with Crippen LogP contribution in [-0.2, 0) is 12.7 Å². The molecular formula is C21H34BN3O2. The Morgan fingerprint density at radius 1 is 1.19 bits per heavy atom. The second kappa shape index (κ2) is 11.1. The SMILES string of the molecule is N/C(=C\B1CCc2cccc(C(=O)O)c2C1)CC1CCCCC1.NCCN. The molecule has 27 heavy (non-hydrogen) atoms. The van der Waals surface area contributed by atoms with Crippen LogP contribution in [0.25, 0.3) is 0 Å². The van der Waals surface area contributed by atoms with Crippen LogP contribution in [0.4, 0.5) is 0 Å². The summed E-state index contributed by atoms with van der Waals surface area (Å²) in [6.07, 6.45) is 10.5. The zero-order valence-corrected chi connectivity index (χ0v) is 16.3. The molecule has 0 bridgehead atoms. The minimum atomic E-state index is -0.818. The highest BCUT2D eigenvalue weighted by Crippen LogP contribution is 2.29. The van der Waals surface area contributed by atoms with Gasteiger partial charge in [0.2, 0.25) is 0 Å². The van der Waals surface area contributed by atoms with E-state index in [9.17, 15) is 9.90 Å². The molecule has 1 saturated carbocycles. The van der Waals surface area contributed by atoms with Gasteiger partial charge in [0.25, 0.3) is 0 Å². The Morgan fingerprint density at radius 3 is 2.52 bits per heavy atom. The third-order valence-corrected chi connectivity index (χ3v) is 5.62. The van der Waals surface area contributed by atoms with Crippen LogP contribution in [-0.4, -0.2) is 30.9 Å². The lowest BCUT2D eigenvalue weighted by Crippen LogP contribution is -2.25. The number of aromatic carboxylic acids is 1. The number of fused-ring (bicyclic) bond motifs is 1. The lowest BCUT2D eigenvalue weighted by molar-refractivity contribution is 0.0696. The number of benzene rings is 1. The summed E-state index contributed by atoms with van der Waals surface area (Å²) < 4.78 is 0. The molecule has 0 saturated heterocycles. The fourth-order valence-corrected chi connectivity index (χ4v) is 4.25. The van der Waals surface area contributed by atoms with Gasteiger partial charge in [-0.3, -0.25) is 0 Å². The molecule has 2 aliphatic rings. The molecule has 0 aromatic heterocycles. The summed E-state index contributed by atoms with van der Waals surface area (Å²) in [5.74, 6) is 2.16. The van der Waals surface area contributed by atoms with Gasteiger partial charge in [-0.1, -0.05) is 56.5 Å². The third-order valence-electron chi connectivity index (χ3n) is 5.62. The highest BCUT2D eigenvalue weighted by molar-refractivity contribution is 6.64. The first-order valence-corrected chi connectivity index (χ1v) is 10.3. The molecule has 1 aromatic rings. The van der Waals surface area contributed by atoms with Crippen molar-refractivity contribution >= 4 is 12.7 Å². The fraction of sp³-hybridized carbons (Fsp3) is 0.571. The molecule has 1 fully saturated rings. The number of carbonyl (C=O) groups is 1. The number of carboxylic acid groups (broad SMARTS) is 1. The van der Waals surface area contributed by atoms with Crippen molar-refractivity contribution in [1.82, 2.24) is 0 Å². The van der Waals surface area contributed by atoms with E-state index in [1.165, 1.54) is 37.7 Å². The van der Waals surface area contributed by atoms with Gasteiger partial charge in [-0.2, -0.15) is 0 Å². The van der Waals surface area contributed by atoms with Crippen LogP contribution in [0, 0.1) is 5.92 Å². The smallest absolute Gasteiger partial charge is 0.335 e. The van der Waals surface area contributed by atoms with Gasteiger partial charge in [-0.05, 0) is 48.0 Å². The Kier molecular flexibility index (Phi) is 8.88. The number of nitrogens with two attached hydrogens (primary N) is 3. The van der Waals surface area contributed by atoms with E-state index in [-0.39, 0.29) is 0 Å². The van der Waals surface area contributed by atoms with Crippen LogP contribution < -0.4 is 17.2 Å². The maximum atomic E-state index is 11.4. The molecule has 3 rings (SSSR count). The van der Waals surface area contributed by atoms with Crippen molar-refractivity contribution in [3.8, 4) is 0 Å². The highest BCUT2D eigenvalue weighted by atomic mass is 16.4. The number of aryl methyl sites for hydroxylation is 1. The van der Waals surface area contributed by atoms with Gasteiger partial charge in [-0.25, -0.2) is 4.79 Å². The zero-order valence-electron chi connectivity index (χ0n) is 16.3. The average Bonchev–Trinajstić information content (AvgIpc) is 2.68. The molecule has 0 amide bonds. The average molecular weight is 371 g/mol. The van der Waals surface area contributed by atoms with Crippen molar-refractivity contribution in [2.45, 2.75) is 57.6 Å². The number of hydrogen-bond acceptors (Lipinski definition) is 4. The summed E-state index contributed by atoms with van der Waals surface area (Å²) in [7, 11) is 0. The van der Waals surface area contributed by atoms with E-state index < -0.39 is 5.97 Å². The Morgan fingerprint density at radius 2 is 1.89 bits per heavy atom. The molecule has 148 valence electrons. The maximum Gasteiger partial charge on any atom is 0.335 e. The van der Waals surface area contributed by atoms with Crippen molar-refractivity contribution in [2.75, 3.05) is 13.1 Å². The van der Waals surface area contributed by atoms with Crippen molar-refractivity contribution in [2.24, 2.45) is 23.1 Å². The molecule has 6 heteroatoms. The second-order valence-electron chi connectivity index (χ2n) is 7.78. The Balaban J connectivity index is 0.000000596. The minimum Gasteiger partial charge on any atom is -0.478 e. The van der Waals surface area contributed by atoms with Crippen molar-refractivity contribution in [3.05, 3.63) is 46.6 Å². The number of carboxylic acids is 1. The normalized spacial score (nSPS) is 17.7. The zero-order chi connectivity index (χ0) is 19.6. The van der Waals surface area contributed by atoms with Crippen LogP contribution in [0.1, 0.15) is 60.0 Å². The van der Waals surface area contributed by atoms with E-state index in [0.717, 1.165) is 42.7 Å². The first-order valence-electron chi connectivity index (χ1n) is 10.3. The molecule has 1 aliphatic carbocycles. The number of allylic oxidation sites excluding steroid dienone is 1. The molecule has 0 unspecified atom stereocenters. The molecular weight excluding hydrogens is 337 g/mol. The quantitative estimate of drug-likeness (QED) is 0.594. The van der Waals surface area contributed by atoms with Crippen molar-refractivity contribution < 1.29 is 9.90 Å². The van der Waals surface area contributed by atoms with Gasteiger partial charge in [0.05, 0.1) is 5.56 Å². The molecule has 0 radical (unpaired) electrons. The number of hydrogen-bond donors (Lipinski definition) is 4. The van der Waals surface area contributed by atoms with Crippen LogP contribution in [0.2, 0.25) is 6.32 Å². The van der Waals surface area contributed by atoms with Crippen molar-refractivity contribution in [3.63, 3.8) is 0 Å². The lowest BCUT2D eigenvalue weighted by Gasteiger charge is -2.24. The van der Waals surface area contributed by atoms with Gasteiger partial charge < -0.3 is 22.3 Å². The van der Waals surface area contributed by atoms with Gasteiger partial charge in [-0.15, -0.1) is 0 Å².